The molecule has 1 saturated heterocycles. The number of benzene rings is 1. The number of amides is 1. The fourth-order valence-electron chi connectivity index (χ4n) is 3.56. The molecule has 1 atom stereocenters. The number of aliphatic hydroxyl groups is 1. The van der Waals surface area contributed by atoms with Gasteiger partial charge in [0.2, 0.25) is 0 Å². The molecular weight excluding hydrogens is 456 g/mol. The first-order chi connectivity index (χ1) is 15.9. The largest absolute Gasteiger partial charge is 0.394 e. The summed E-state index contributed by atoms with van der Waals surface area (Å²) in [5, 5.41) is 12.9. The molecule has 7 nitrogen and oxygen atoms in total. The highest BCUT2D eigenvalue weighted by Gasteiger charge is 2.32. The van der Waals surface area contributed by atoms with Crippen molar-refractivity contribution < 1.29 is 9.90 Å². The second kappa shape index (κ2) is 9.86. The van der Waals surface area contributed by atoms with Crippen molar-refractivity contribution in [2.45, 2.75) is 32.9 Å². The van der Waals surface area contributed by atoms with Crippen molar-refractivity contribution in [2.75, 3.05) is 11.9 Å². The molecule has 1 aliphatic rings. The summed E-state index contributed by atoms with van der Waals surface area (Å²) in [6.45, 7) is 4.07. The normalized spacial score (nSPS) is 16.1. The number of carbonyl (C=O) groups is 1. The van der Waals surface area contributed by atoms with Gasteiger partial charge >= 0.3 is 0 Å². The van der Waals surface area contributed by atoms with E-state index in [4.69, 9.17) is 12.2 Å². The van der Waals surface area contributed by atoms with Gasteiger partial charge in [0.15, 0.2) is 0 Å². The molecule has 33 heavy (non-hydrogen) atoms. The topological polar surface area (TPSA) is 86.9 Å². The summed E-state index contributed by atoms with van der Waals surface area (Å²) < 4.78 is 1.91. The van der Waals surface area contributed by atoms with Crippen molar-refractivity contribution >= 4 is 51.7 Å². The lowest BCUT2D eigenvalue weighted by atomic mass is 10.2. The van der Waals surface area contributed by atoms with Gasteiger partial charge in [0.25, 0.3) is 11.5 Å². The quantitative estimate of drug-likeness (QED) is 0.395. The Morgan fingerprint density at radius 1 is 1.21 bits per heavy atom. The van der Waals surface area contributed by atoms with Crippen LogP contribution in [0.3, 0.4) is 0 Å². The molecule has 0 bridgehead atoms. The molecular formula is C24H24N4O3S2. The molecule has 2 aromatic heterocycles. The van der Waals surface area contributed by atoms with Crippen molar-refractivity contribution in [3.63, 3.8) is 0 Å². The van der Waals surface area contributed by atoms with Crippen LogP contribution >= 0.6 is 24.0 Å². The number of anilines is 1. The molecule has 1 aliphatic heterocycles. The number of thiocarbonyl (C=S) groups is 1. The molecule has 0 spiro atoms. The zero-order valence-electron chi connectivity index (χ0n) is 18.3. The van der Waals surface area contributed by atoms with Gasteiger partial charge in [0.1, 0.15) is 15.8 Å². The lowest BCUT2D eigenvalue weighted by molar-refractivity contribution is -0.122. The number of pyridine rings is 1. The fourth-order valence-corrected chi connectivity index (χ4v) is 4.79. The van der Waals surface area contributed by atoms with Crippen LogP contribution in [-0.4, -0.2) is 42.3 Å². The lowest BCUT2D eigenvalue weighted by Crippen LogP contribution is -2.28. The summed E-state index contributed by atoms with van der Waals surface area (Å²) >= 11 is 6.62. The maximum Gasteiger partial charge on any atom is 0.267 e. The average molecular weight is 481 g/mol. The lowest BCUT2D eigenvalue weighted by Gasteiger charge is -2.17. The summed E-state index contributed by atoms with van der Waals surface area (Å²) in [6.07, 6.45) is 3.85. The molecule has 3 heterocycles. The number of hydrogen-bond acceptors (Lipinski definition) is 7. The number of fused-ring (bicyclic) bond motifs is 1. The Balaban J connectivity index is 1.78. The van der Waals surface area contributed by atoms with Crippen LogP contribution < -0.4 is 10.9 Å². The van der Waals surface area contributed by atoms with Gasteiger partial charge in [0.05, 0.1) is 29.7 Å². The molecule has 0 radical (unpaired) electrons. The van der Waals surface area contributed by atoms with Crippen LogP contribution in [0.1, 0.15) is 30.0 Å². The third kappa shape index (κ3) is 4.71. The Labute approximate surface area is 201 Å². The SMILES string of the molecule is CCC(CO)Nc1nc2c(C)cccn2c(=O)c1C=C1SC(=S)N(Cc2ccccc2)C1=O. The predicted octanol–water partition coefficient (Wildman–Crippen LogP) is 3.59. The van der Waals surface area contributed by atoms with Gasteiger partial charge in [-0.1, -0.05) is 67.3 Å². The van der Waals surface area contributed by atoms with Crippen LogP contribution in [0, 0.1) is 6.92 Å². The van der Waals surface area contributed by atoms with Crippen molar-refractivity contribution in [1.29, 1.82) is 0 Å². The van der Waals surface area contributed by atoms with E-state index in [9.17, 15) is 14.7 Å². The number of thioether (sulfide) groups is 1. The minimum atomic E-state index is -0.299. The minimum Gasteiger partial charge on any atom is -0.394 e. The van der Waals surface area contributed by atoms with Crippen molar-refractivity contribution in [3.05, 3.63) is 80.6 Å². The Hall–Kier alpha value is -3.01. The Morgan fingerprint density at radius 3 is 2.67 bits per heavy atom. The molecule has 9 heteroatoms. The first kappa shape index (κ1) is 23.2. The highest BCUT2D eigenvalue weighted by Crippen LogP contribution is 2.34. The van der Waals surface area contributed by atoms with E-state index < -0.39 is 0 Å². The average Bonchev–Trinajstić information content (AvgIpc) is 3.08. The van der Waals surface area contributed by atoms with Gasteiger partial charge in [-0.05, 0) is 36.6 Å². The van der Waals surface area contributed by atoms with Crippen molar-refractivity contribution in [2.24, 2.45) is 0 Å². The van der Waals surface area contributed by atoms with Gasteiger partial charge < -0.3 is 10.4 Å². The molecule has 2 N–H and O–H groups in total. The summed E-state index contributed by atoms with van der Waals surface area (Å²) in [7, 11) is 0. The van der Waals surface area contributed by atoms with Gasteiger partial charge in [-0.2, -0.15) is 0 Å². The number of aryl methyl sites for hydroxylation is 1. The van der Waals surface area contributed by atoms with Gasteiger partial charge in [-0.25, -0.2) is 4.98 Å². The molecule has 1 fully saturated rings. The smallest absolute Gasteiger partial charge is 0.267 e. The van der Waals surface area contributed by atoms with E-state index in [1.54, 1.807) is 18.3 Å². The van der Waals surface area contributed by atoms with E-state index in [1.807, 2.05) is 50.2 Å². The predicted molar refractivity (Wildman–Crippen MR) is 136 cm³/mol. The zero-order chi connectivity index (χ0) is 23.5. The molecule has 1 amide bonds. The van der Waals surface area contributed by atoms with Gasteiger partial charge in [0, 0.05) is 6.20 Å². The zero-order valence-corrected chi connectivity index (χ0v) is 19.9. The number of aromatic nitrogens is 2. The maximum absolute atomic E-state index is 13.4. The van der Waals surface area contributed by atoms with E-state index >= 15 is 0 Å². The van der Waals surface area contributed by atoms with Gasteiger partial charge in [-0.15, -0.1) is 0 Å². The maximum atomic E-state index is 13.4. The van der Waals surface area contributed by atoms with Crippen molar-refractivity contribution in [1.82, 2.24) is 14.3 Å². The number of nitrogens with one attached hydrogen (secondary N) is 1. The van der Waals surface area contributed by atoms with E-state index in [0.717, 1.165) is 11.1 Å². The summed E-state index contributed by atoms with van der Waals surface area (Å²) in [6, 6.07) is 13.0. The number of hydrogen-bond donors (Lipinski definition) is 2. The molecule has 0 saturated carbocycles. The number of aliphatic hydroxyl groups excluding tert-OH is 1. The number of carbonyl (C=O) groups excluding carboxylic acids is 1. The van der Waals surface area contributed by atoms with E-state index in [-0.39, 0.29) is 29.7 Å². The van der Waals surface area contributed by atoms with E-state index in [0.29, 0.717) is 33.7 Å². The highest BCUT2D eigenvalue weighted by atomic mass is 32.2. The monoisotopic (exact) mass is 480 g/mol. The molecule has 170 valence electrons. The second-order valence-electron chi connectivity index (χ2n) is 7.75. The van der Waals surface area contributed by atoms with Crippen LogP contribution in [0.25, 0.3) is 11.7 Å². The summed E-state index contributed by atoms with van der Waals surface area (Å²) in [5.74, 6) is 0.0891. The number of nitrogens with zero attached hydrogens (tertiary/aromatic N) is 3. The Bertz CT molecular complexity index is 1300. The van der Waals surface area contributed by atoms with E-state index in [1.165, 1.54) is 21.1 Å². The first-order valence-electron chi connectivity index (χ1n) is 10.6. The van der Waals surface area contributed by atoms with Crippen LogP contribution in [-0.2, 0) is 11.3 Å². The summed E-state index contributed by atoms with van der Waals surface area (Å²) in [5.41, 5.74) is 2.29. The number of rotatable bonds is 7. The fraction of sp³-hybridized carbons (Fsp3) is 0.250. The van der Waals surface area contributed by atoms with E-state index in [2.05, 4.69) is 10.3 Å². The highest BCUT2D eigenvalue weighted by molar-refractivity contribution is 8.26. The molecule has 0 aliphatic carbocycles. The Kier molecular flexibility index (Phi) is 6.92. The van der Waals surface area contributed by atoms with Crippen LogP contribution in [0.2, 0.25) is 0 Å². The molecule has 3 aromatic rings. The minimum absolute atomic E-state index is 0.107. The molecule has 4 rings (SSSR count). The van der Waals surface area contributed by atoms with Crippen LogP contribution in [0.15, 0.2) is 58.4 Å². The second-order valence-corrected chi connectivity index (χ2v) is 9.43. The third-order valence-corrected chi connectivity index (χ3v) is 6.85. The van der Waals surface area contributed by atoms with Gasteiger partial charge in [-0.3, -0.25) is 18.9 Å². The standard InChI is InChI=1S/C24H24N4O3S2/c1-3-17(14-29)25-20-18(22(30)27-11-7-8-15(2)21(27)26-20)12-19-23(31)28(24(32)33-19)13-16-9-5-4-6-10-16/h4-12,17,25,29H,3,13-14H2,1-2H3. The Morgan fingerprint density at radius 2 is 1.97 bits per heavy atom. The molecule has 1 unspecified atom stereocenters. The molecule has 1 aromatic carbocycles. The summed E-state index contributed by atoms with van der Waals surface area (Å²) in [4.78, 5) is 33.1. The van der Waals surface area contributed by atoms with Crippen molar-refractivity contribution in [3.8, 4) is 0 Å². The van der Waals surface area contributed by atoms with Crippen LogP contribution in [0.4, 0.5) is 5.82 Å². The first-order valence-corrected chi connectivity index (χ1v) is 11.8. The van der Waals surface area contributed by atoms with Crippen LogP contribution in [0.5, 0.6) is 0 Å². The third-order valence-electron chi connectivity index (χ3n) is 5.47.